The summed E-state index contributed by atoms with van der Waals surface area (Å²) in [5, 5.41) is 0.583. The van der Waals surface area contributed by atoms with Crippen molar-refractivity contribution in [3.8, 4) is 0 Å². The molecule has 0 saturated heterocycles. The molecule has 20 heavy (non-hydrogen) atoms. The molecule has 0 fully saturated rings. The zero-order valence-corrected chi connectivity index (χ0v) is 12.9. The molecule has 0 bridgehead atoms. The van der Waals surface area contributed by atoms with Crippen molar-refractivity contribution in [3.05, 3.63) is 68.2 Å². The largest absolute Gasteiger partial charge is 0.271 e. The summed E-state index contributed by atoms with van der Waals surface area (Å²) in [5.74, 6) is 4.14. The van der Waals surface area contributed by atoms with Gasteiger partial charge in [-0.3, -0.25) is 5.84 Å². The second-order valence-electron chi connectivity index (χ2n) is 4.37. The van der Waals surface area contributed by atoms with Gasteiger partial charge < -0.3 is 0 Å². The average Bonchev–Trinajstić information content (AvgIpc) is 2.42. The molecule has 106 valence electrons. The summed E-state index contributed by atoms with van der Waals surface area (Å²) >= 11 is 9.00. The van der Waals surface area contributed by atoms with Crippen molar-refractivity contribution in [1.82, 2.24) is 5.43 Å². The topological polar surface area (TPSA) is 38.0 Å². The number of rotatable bonds is 3. The van der Waals surface area contributed by atoms with Gasteiger partial charge in [0.1, 0.15) is 11.6 Å². The number of hydrogen-bond acceptors (Lipinski definition) is 2. The fraction of sp³-hybridized carbons (Fsp3) is 0.143. The van der Waals surface area contributed by atoms with E-state index in [1.807, 2.05) is 6.92 Å². The van der Waals surface area contributed by atoms with Crippen molar-refractivity contribution in [3.63, 3.8) is 0 Å². The van der Waals surface area contributed by atoms with Crippen LogP contribution >= 0.6 is 27.5 Å². The van der Waals surface area contributed by atoms with Crippen molar-refractivity contribution in [2.75, 3.05) is 0 Å². The quantitative estimate of drug-likeness (QED) is 0.487. The highest BCUT2D eigenvalue weighted by Gasteiger charge is 2.23. The zero-order valence-electron chi connectivity index (χ0n) is 10.6. The second kappa shape index (κ2) is 6.18. The van der Waals surface area contributed by atoms with E-state index >= 15 is 0 Å². The smallest absolute Gasteiger partial charge is 0.145 e. The highest BCUT2D eigenvalue weighted by atomic mass is 79.9. The Balaban J connectivity index is 2.58. The van der Waals surface area contributed by atoms with Crippen LogP contribution in [0.3, 0.4) is 0 Å². The Morgan fingerprint density at radius 1 is 1.25 bits per heavy atom. The second-order valence-corrected chi connectivity index (χ2v) is 5.63. The van der Waals surface area contributed by atoms with Crippen LogP contribution in [0, 0.1) is 18.6 Å². The van der Waals surface area contributed by atoms with Gasteiger partial charge in [-0.1, -0.05) is 23.7 Å². The van der Waals surface area contributed by atoms with Crippen LogP contribution in [-0.2, 0) is 0 Å². The summed E-state index contributed by atoms with van der Waals surface area (Å²) in [5.41, 5.74) is 3.75. The van der Waals surface area contributed by atoms with Crippen LogP contribution in [0.15, 0.2) is 34.8 Å². The minimum absolute atomic E-state index is 0.136. The molecule has 6 heteroatoms. The lowest BCUT2D eigenvalue weighted by Crippen LogP contribution is -2.30. The Hall–Kier alpha value is -1.01. The number of hydrazine groups is 1. The van der Waals surface area contributed by atoms with E-state index < -0.39 is 17.7 Å². The molecule has 0 saturated carbocycles. The van der Waals surface area contributed by atoms with Crippen molar-refractivity contribution in [2.24, 2.45) is 5.84 Å². The Morgan fingerprint density at radius 3 is 2.55 bits per heavy atom. The van der Waals surface area contributed by atoms with E-state index in [0.717, 1.165) is 5.56 Å². The third kappa shape index (κ3) is 2.86. The van der Waals surface area contributed by atoms with Crippen LogP contribution < -0.4 is 11.3 Å². The molecule has 1 unspecified atom stereocenters. The molecule has 0 heterocycles. The maximum atomic E-state index is 14.2. The van der Waals surface area contributed by atoms with Gasteiger partial charge in [-0.15, -0.1) is 0 Å². The van der Waals surface area contributed by atoms with Crippen LogP contribution in [0.2, 0.25) is 5.02 Å². The molecular formula is C14H12BrClF2N2. The van der Waals surface area contributed by atoms with Crippen LogP contribution in [0.1, 0.15) is 22.7 Å². The fourth-order valence-electron chi connectivity index (χ4n) is 2.00. The van der Waals surface area contributed by atoms with Gasteiger partial charge in [-0.25, -0.2) is 14.2 Å². The van der Waals surface area contributed by atoms with E-state index in [0.29, 0.717) is 10.6 Å². The summed E-state index contributed by atoms with van der Waals surface area (Å²) in [6, 6.07) is 6.80. The molecule has 1 atom stereocenters. The Morgan fingerprint density at radius 2 is 1.95 bits per heavy atom. The first kappa shape index (κ1) is 15.4. The van der Waals surface area contributed by atoms with Crippen molar-refractivity contribution >= 4 is 27.5 Å². The third-order valence-electron chi connectivity index (χ3n) is 3.05. The monoisotopic (exact) mass is 360 g/mol. The fourth-order valence-corrected chi connectivity index (χ4v) is 2.46. The summed E-state index contributed by atoms with van der Waals surface area (Å²) < 4.78 is 28.3. The number of halogens is 4. The SMILES string of the molecule is Cc1cc(C(NN)c2c(F)ccc(Br)c2F)ccc1Cl. The third-order valence-corrected chi connectivity index (χ3v) is 4.09. The molecule has 0 aliphatic heterocycles. The molecule has 0 aliphatic carbocycles. The van der Waals surface area contributed by atoms with E-state index in [2.05, 4.69) is 21.4 Å². The van der Waals surface area contributed by atoms with Crippen LogP contribution in [-0.4, -0.2) is 0 Å². The Labute approximate surface area is 129 Å². The first-order valence-electron chi connectivity index (χ1n) is 5.81. The summed E-state index contributed by atoms with van der Waals surface area (Å²) in [7, 11) is 0. The van der Waals surface area contributed by atoms with Gasteiger partial charge in [0.15, 0.2) is 0 Å². The first-order valence-corrected chi connectivity index (χ1v) is 6.98. The maximum absolute atomic E-state index is 14.2. The average molecular weight is 362 g/mol. The molecule has 0 spiro atoms. The van der Waals surface area contributed by atoms with E-state index in [9.17, 15) is 8.78 Å². The number of nitrogens with two attached hydrogens (primary N) is 1. The highest BCUT2D eigenvalue weighted by Crippen LogP contribution is 2.31. The summed E-state index contributed by atoms with van der Waals surface area (Å²) in [6.07, 6.45) is 0. The van der Waals surface area contributed by atoms with Crippen LogP contribution in [0.4, 0.5) is 8.78 Å². The number of nitrogens with one attached hydrogen (secondary N) is 1. The molecular weight excluding hydrogens is 350 g/mol. The molecule has 2 aromatic carbocycles. The van der Waals surface area contributed by atoms with Gasteiger partial charge in [0.25, 0.3) is 0 Å². The molecule has 2 nitrogen and oxygen atoms in total. The highest BCUT2D eigenvalue weighted by molar-refractivity contribution is 9.10. The normalized spacial score (nSPS) is 12.5. The van der Waals surface area contributed by atoms with E-state index in [1.54, 1.807) is 18.2 Å². The standard InChI is InChI=1S/C14H12BrClF2N2/c1-7-6-8(2-4-10(7)16)14(20-19)12-11(17)5-3-9(15)13(12)18/h2-6,14,20H,19H2,1H3. The molecule has 2 aromatic rings. The molecule has 3 N–H and O–H groups in total. The van der Waals surface area contributed by atoms with Gasteiger partial charge in [0.2, 0.25) is 0 Å². The zero-order chi connectivity index (χ0) is 14.9. The van der Waals surface area contributed by atoms with Crippen molar-refractivity contribution < 1.29 is 8.78 Å². The van der Waals surface area contributed by atoms with Gasteiger partial charge in [0.05, 0.1) is 10.5 Å². The molecule has 0 radical (unpaired) electrons. The van der Waals surface area contributed by atoms with Crippen molar-refractivity contribution in [1.29, 1.82) is 0 Å². The minimum atomic E-state index is -0.802. The van der Waals surface area contributed by atoms with Gasteiger partial charge in [0, 0.05) is 10.6 Å². The summed E-state index contributed by atoms with van der Waals surface area (Å²) in [4.78, 5) is 0. The Bertz CT molecular complexity index is 649. The first-order chi connectivity index (χ1) is 9.45. The van der Waals surface area contributed by atoms with E-state index in [1.165, 1.54) is 12.1 Å². The van der Waals surface area contributed by atoms with Crippen LogP contribution in [0.25, 0.3) is 0 Å². The summed E-state index contributed by atoms with van der Waals surface area (Å²) in [6.45, 7) is 1.81. The minimum Gasteiger partial charge on any atom is -0.271 e. The maximum Gasteiger partial charge on any atom is 0.145 e. The number of benzene rings is 2. The molecule has 2 rings (SSSR count). The van der Waals surface area contributed by atoms with Gasteiger partial charge >= 0.3 is 0 Å². The number of aryl methyl sites for hydroxylation is 1. The lowest BCUT2D eigenvalue weighted by Gasteiger charge is -2.19. The Kier molecular flexibility index (Phi) is 4.75. The number of hydrogen-bond donors (Lipinski definition) is 2. The van der Waals surface area contributed by atoms with Crippen LogP contribution in [0.5, 0.6) is 0 Å². The van der Waals surface area contributed by atoms with Crippen molar-refractivity contribution in [2.45, 2.75) is 13.0 Å². The van der Waals surface area contributed by atoms with E-state index in [-0.39, 0.29) is 10.0 Å². The van der Waals surface area contributed by atoms with Gasteiger partial charge in [-0.05, 0) is 52.2 Å². The predicted molar refractivity (Wildman–Crippen MR) is 79.4 cm³/mol. The van der Waals surface area contributed by atoms with E-state index in [4.69, 9.17) is 17.4 Å². The molecule has 0 aliphatic rings. The lowest BCUT2D eigenvalue weighted by atomic mass is 9.97. The molecule has 0 amide bonds. The predicted octanol–water partition coefficient (Wildman–Crippen LogP) is 4.24. The molecule has 0 aromatic heterocycles. The lowest BCUT2D eigenvalue weighted by molar-refractivity contribution is 0.507. The van der Waals surface area contributed by atoms with Gasteiger partial charge in [-0.2, -0.15) is 0 Å².